The van der Waals surface area contributed by atoms with Crippen molar-refractivity contribution < 1.29 is 14.3 Å². The number of methoxy groups -OCH3 is 1. The predicted octanol–water partition coefficient (Wildman–Crippen LogP) is 2.45. The summed E-state index contributed by atoms with van der Waals surface area (Å²) in [6, 6.07) is 9.34. The van der Waals surface area contributed by atoms with Gasteiger partial charge < -0.3 is 19.8 Å². The van der Waals surface area contributed by atoms with Crippen molar-refractivity contribution in [1.82, 2.24) is 9.97 Å². The third-order valence-corrected chi connectivity index (χ3v) is 4.35. The Morgan fingerprint density at radius 3 is 2.62 bits per heavy atom. The Morgan fingerprint density at radius 2 is 1.92 bits per heavy atom. The zero-order valence-electron chi connectivity index (χ0n) is 14.4. The fraction of sp³-hybridized carbons (Fsp3) is 0.278. The molecule has 0 bridgehead atoms. The topological polar surface area (TPSA) is 96.2 Å². The summed E-state index contributed by atoms with van der Waals surface area (Å²) in [5, 5.41) is 3.07. The van der Waals surface area contributed by atoms with Gasteiger partial charge in [0.25, 0.3) is 5.56 Å². The molecule has 8 heteroatoms. The molecular weight excluding hydrogens is 354 g/mol. The molecular formula is C18H19N3O4S. The van der Waals surface area contributed by atoms with Crippen molar-refractivity contribution in [3.05, 3.63) is 67.9 Å². The summed E-state index contributed by atoms with van der Waals surface area (Å²) in [6.07, 6.45) is 0. The van der Waals surface area contributed by atoms with Gasteiger partial charge >= 0.3 is 5.97 Å². The van der Waals surface area contributed by atoms with E-state index < -0.39 is 11.9 Å². The zero-order valence-corrected chi connectivity index (χ0v) is 15.2. The Morgan fingerprint density at radius 1 is 1.19 bits per heavy atom. The summed E-state index contributed by atoms with van der Waals surface area (Å²) in [6.45, 7) is 2.20. The predicted molar refractivity (Wildman–Crippen MR) is 99.7 cm³/mol. The molecule has 2 aromatic rings. The molecule has 0 spiro atoms. The fourth-order valence-electron chi connectivity index (χ4n) is 3.03. The van der Waals surface area contributed by atoms with Gasteiger partial charge in [-0.1, -0.05) is 30.3 Å². The lowest BCUT2D eigenvalue weighted by Gasteiger charge is -2.28. The second kappa shape index (κ2) is 7.67. The molecule has 1 aliphatic rings. The molecule has 3 rings (SSSR count). The van der Waals surface area contributed by atoms with Crippen molar-refractivity contribution in [2.24, 2.45) is 0 Å². The monoisotopic (exact) mass is 373 g/mol. The van der Waals surface area contributed by atoms with E-state index in [1.807, 2.05) is 30.3 Å². The summed E-state index contributed by atoms with van der Waals surface area (Å²) < 4.78 is 10.5. The van der Waals surface area contributed by atoms with Gasteiger partial charge in [-0.25, -0.2) is 4.79 Å². The van der Waals surface area contributed by atoms with Crippen LogP contribution in [0.2, 0.25) is 0 Å². The number of aromatic amines is 2. The molecule has 1 atom stereocenters. The van der Waals surface area contributed by atoms with Gasteiger partial charge in [-0.3, -0.25) is 9.78 Å². The highest BCUT2D eigenvalue weighted by atomic mass is 32.1. The van der Waals surface area contributed by atoms with Crippen LogP contribution in [0, 0.1) is 4.77 Å². The van der Waals surface area contributed by atoms with Crippen LogP contribution in [-0.2, 0) is 14.3 Å². The van der Waals surface area contributed by atoms with Crippen molar-refractivity contribution >= 4 is 24.0 Å². The Labute approximate surface area is 155 Å². The van der Waals surface area contributed by atoms with E-state index in [9.17, 15) is 9.59 Å². The van der Waals surface area contributed by atoms with Crippen LogP contribution >= 0.6 is 12.2 Å². The van der Waals surface area contributed by atoms with Crippen LogP contribution in [0.25, 0.3) is 0 Å². The van der Waals surface area contributed by atoms with Gasteiger partial charge in [0.05, 0.1) is 23.7 Å². The lowest BCUT2D eigenvalue weighted by Crippen LogP contribution is -2.31. The summed E-state index contributed by atoms with van der Waals surface area (Å²) in [5.41, 5.74) is 1.85. The van der Waals surface area contributed by atoms with Crippen LogP contribution in [-0.4, -0.2) is 36.3 Å². The molecule has 1 aromatic carbocycles. The standard InChI is InChI=1S/C18H19N3O4S/c1-10-12(17(23)25-9-8-24-2)13(11-6-4-3-5-7-11)14-15(19-10)20-18(26)21-16(14)22/h3-7,13H,8-9H2,1-2H3,(H3,19,20,21,22,26)/t13-/m0/s1. The number of fused-ring (bicyclic) bond motifs is 1. The second-order valence-corrected chi connectivity index (χ2v) is 6.24. The van der Waals surface area contributed by atoms with Crippen molar-refractivity contribution in [2.45, 2.75) is 12.8 Å². The number of H-pyrrole nitrogens is 2. The number of nitrogens with one attached hydrogen (secondary N) is 3. The number of aromatic nitrogens is 2. The molecule has 2 heterocycles. The van der Waals surface area contributed by atoms with Crippen LogP contribution < -0.4 is 10.9 Å². The number of carbonyl (C=O) groups is 1. The summed E-state index contributed by atoms with van der Waals surface area (Å²) in [5.74, 6) is -0.579. The number of anilines is 1. The number of carbonyl (C=O) groups excluding carboxylic acids is 1. The first kappa shape index (κ1) is 18.1. The van der Waals surface area contributed by atoms with E-state index >= 15 is 0 Å². The first-order chi connectivity index (χ1) is 12.5. The minimum Gasteiger partial charge on any atom is -0.460 e. The van der Waals surface area contributed by atoms with Gasteiger partial charge in [0.2, 0.25) is 0 Å². The smallest absolute Gasteiger partial charge is 0.336 e. The maximum absolute atomic E-state index is 12.7. The van der Waals surface area contributed by atoms with Crippen LogP contribution in [0.3, 0.4) is 0 Å². The van der Waals surface area contributed by atoms with Crippen molar-refractivity contribution in [1.29, 1.82) is 0 Å². The van der Waals surface area contributed by atoms with Gasteiger partial charge in [-0.2, -0.15) is 0 Å². The van der Waals surface area contributed by atoms with E-state index in [1.165, 1.54) is 7.11 Å². The summed E-state index contributed by atoms with van der Waals surface area (Å²) in [7, 11) is 1.53. The Bertz CT molecular complexity index is 962. The van der Waals surface area contributed by atoms with Crippen molar-refractivity contribution in [3.8, 4) is 0 Å². The molecule has 0 amide bonds. The molecule has 0 aliphatic carbocycles. The van der Waals surface area contributed by atoms with E-state index in [0.29, 0.717) is 29.3 Å². The quantitative estimate of drug-likeness (QED) is 0.423. The van der Waals surface area contributed by atoms with E-state index in [0.717, 1.165) is 5.56 Å². The highest BCUT2D eigenvalue weighted by Crippen LogP contribution is 2.39. The van der Waals surface area contributed by atoms with E-state index in [1.54, 1.807) is 6.92 Å². The Hall–Kier alpha value is -2.71. The third-order valence-electron chi connectivity index (χ3n) is 4.15. The normalized spacial score (nSPS) is 16.0. The highest BCUT2D eigenvalue weighted by molar-refractivity contribution is 7.71. The van der Waals surface area contributed by atoms with Gasteiger partial charge in [0.1, 0.15) is 12.4 Å². The number of hydrogen-bond donors (Lipinski definition) is 3. The Balaban J connectivity index is 2.14. The van der Waals surface area contributed by atoms with Gasteiger partial charge in [0.15, 0.2) is 4.77 Å². The van der Waals surface area contributed by atoms with Gasteiger partial charge in [-0.15, -0.1) is 0 Å². The molecule has 0 unspecified atom stereocenters. The summed E-state index contributed by atoms with van der Waals surface area (Å²) in [4.78, 5) is 30.9. The molecule has 136 valence electrons. The van der Waals surface area contributed by atoms with Crippen molar-refractivity contribution in [2.75, 3.05) is 25.6 Å². The van der Waals surface area contributed by atoms with Crippen LogP contribution in [0.15, 0.2) is 46.4 Å². The Kier molecular flexibility index (Phi) is 5.34. The van der Waals surface area contributed by atoms with E-state index in [-0.39, 0.29) is 16.9 Å². The maximum atomic E-state index is 12.7. The average molecular weight is 373 g/mol. The van der Waals surface area contributed by atoms with Crippen molar-refractivity contribution in [3.63, 3.8) is 0 Å². The molecule has 0 fully saturated rings. The molecule has 0 saturated carbocycles. The molecule has 0 saturated heterocycles. The van der Waals surface area contributed by atoms with Crippen LogP contribution in [0.4, 0.5) is 5.82 Å². The number of allylic oxidation sites excluding steroid dienone is 1. The fourth-order valence-corrected chi connectivity index (χ4v) is 3.23. The molecule has 1 aliphatic heterocycles. The molecule has 1 aromatic heterocycles. The number of esters is 1. The van der Waals surface area contributed by atoms with E-state index in [4.69, 9.17) is 21.7 Å². The molecule has 3 N–H and O–H groups in total. The minimum atomic E-state index is -0.571. The number of hydrogen-bond acceptors (Lipinski definition) is 6. The number of rotatable bonds is 5. The van der Waals surface area contributed by atoms with Crippen LogP contribution in [0.5, 0.6) is 0 Å². The molecule has 26 heavy (non-hydrogen) atoms. The van der Waals surface area contributed by atoms with E-state index in [2.05, 4.69) is 15.3 Å². The SMILES string of the molecule is COCCOC(=O)C1=C(C)Nc2[nH]c(=S)[nH]c(=O)c2[C@H]1c1ccccc1. The van der Waals surface area contributed by atoms with Gasteiger partial charge in [-0.05, 0) is 24.7 Å². The first-order valence-electron chi connectivity index (χ1n) is 8.08. The number of ether oxygens (including phenoxy) is 2. The highest BCUT2D eigenvalue weighted by Gasteiger charge is 2.35. The first-order valence-corrected chi connectivity index (χ1v) is 8.49. The lowest BCUT2D eigenvalue weighted by atomic mass is 9.82. The average Bonchev–Trinajstić information content (AvgIpc) is 2.61. The van der Waals surface area contributed by atoms with Crippen LogP contribution in [0.1, 0.15) is 24.0 Å². The number of benzene rings is 1. The molecule has 7 nitrogen and oxygen atoms in total. The second-order valence-electron chi connectivity index (χ2n) is 5.83. The van der Waals surface area contributed by atoms with Gasteiger partial charge in [0, 0.05) is 12.8 Å². The lowest BCUT2D eigenvalue weighted by molar-refractivity contribution is -0.140. The minimum absolute atomic E-state index is 0.133. The molecule has 0 radical (unpaired) electrons. The summed E-state index contributed by atoms with van der Waals surface area (Å²) >= 11 is 5.06. The largest absolute Gasteiger partial charge is 0.460 e. The zero-order chi connectivity index (χ0) is 18.7. The third kappa shape index (κ3) is 3.47. The maximum Gasteiger partial charge on any atom is 0.336 e.